The SMILES string of the molecule is Cn1nnnc1[C@H]1CC[C@H](OC(N)=O)CC1. The van der Waals surface area contributed by atoms with Crippen LogP contribution in [0.5, 0.6) is 0 Å². The van der Waals surface area contributed by atoms with E-state index in [9.17, 15) is 4.79 Å². The van der Waals surface area contributed by atoms with E-state index in [1.807, 2.05) is 7.05 Å². The van der Waals surface area contributed by atoms with Gasteiger partial charge in [0.25, 0.3) is 0 Å². The van der Waals surface area contributed by atoms with Crippen molar-refractivity contribution in [1.82, 2.24) is 20.2 Å². The predicted molar refractivity (Wildman–Crippen MR) is 54.5 cm³/mol. The largest absolute Gasteiger partial charge is 0.446 e. The highest BCUT2D eigenvalue weighted by molar-refractivity contribution is 5.64. The second kappa shape index (κ2) is 4.46. The topological polar surface area (TPSA) is 95.9 Å². The molecule has 0 bridgehead atoms. The lowest BCUT2D eigenvalue weighted by atomic mass is 9.87. The van der Waals surface area contributed by atoms with Crippen LogP contribution in [-0.4, -0.2) is 32.4 Å². The van der Waals surface area contributed by atoms with Gasteiger partial charge in [0, 0.05) is 13.0 Å². The first-order valence-corrected chi connectivity index (χ1v) is 5.35. The molecule has 2 N–H and O–H groups in total. The van der Waals surface area contributed by atoms with Crippen molar-refractivity contribution < 1.29 is 9.53 Å². The van der Waals surface area contributed by atoms with Crippen molar-refractivity contribution in [2.24, 2.45) is 12.8 Å². The Balaban J connectivity index is 1.90. The Labute approximate surface area is 92.9 Å². The normalized spacial score (nSPS) is 25.3. The van der Waals surface area contributed by atoms with Crippen LogP contribution >= 0.6 is 0 Å². The number of ether oxygens (including phenoxy) is 1. The minimum Gasteiger partial charge on any atom is -0.446 e. The minimum absolute atomic E-state index is 0.0464. The van der Waals surface area contributed by atoms with Gasteiger partial charge in [-0.05, 0) is 36.1 Å². The second-order valence-electron chi connectivity index (χ2n) is 4.07. The Kier molecular flexibility index (Phi) is 3.02. The molecule has 1 aromatic rings. The summed E-state index contributed by atoms with van der Waals surface area (Å²) in [6.45, 7) is 0. The van der Waals surface area contributed by atoms with Crippen LogP contribution in [-0.2, 0) is 11.8 Å². The number of aromatic nitrogens is 4. The third kappa shape index (κ3) is 2.29. The number of primary amides is 1. The van der Waals surface area contributed by atoms with Crippen LogP contribution in [0.25, 0.3) is 0 Å². The maximum Gasteiger partial charge on any atom is 0.404 e. The van der Waals surface area contributed by atoms with Gasteiger partial charge in [-0.3, -0.25) is 0 Å². The Morgan fingerprint density at radius 1 is 1.44 bits per heavy atom. The van der Waals surface area contributed by atoms with Gasteiger partial charge in [0.15, 0.2) is 5.82 Å². The smallest absolute Gasteiger partial charge is 0.404 e. The molecular formula is C9H15N5O2. The number of carbonyl (C=O) groups excluding carboxylic acids is 1. The second-order valence-corrected chi connectivity index (χ2v) is 4.07. The zero-order valence-electron chi connectivity index (χ0n) is 9.17. The van der Waals surface area contributed by atoms with Crippen LogP contribution in [0.15, 0.2) is 0 Å². The van der Waals surface area contributed by atoms with Gasteiger partial charge in [-0.2, -0.15) is 0 Å². The number of aryl methyl sites for hydroxylation is 1. The highest BCUT2D eigenvalue weighted by Gasteiger charge is 2.27. The molecule has 1 saturated carbocycles. The van der Waals surface area contributed by atoms with Crippen LogP contribution in [0, 0.1) is 0 Å². The van der Waals surface area contributed by atoms with Gasteiger partial charge in [-0.15, -0.1) is 5.10 Å². The lowest BCUT2D eigenvalue weighted by Crippen LogP contribution is -2.27. The van der Waals surface area contributed by atoms with Crippen molar-refractivity contribution in [2.75, 3.05) is 0 Å². The fraction of sp³-hybridized carbons (Fsp3) is 0.778. The number of nitrogens with zero attached hydrogens (tertiary/aromatic N) is 4. The average Bonchev–Trinajstić information content (AvgIpc) is 2.65. The van der Waals surface area contributed by atoms with Gasteiger partial charge in [-0.1, -0.05) is 0 Å². The molecule has 0 saturated heterocycles. The summed E-state index contributed by atoms with van der Waals surface area (Å²) < 4.78 is 6.66. The number of hydrogen-bond donors (Lipinski definition) is 1. The summed E-state index contributed by atoms with van der Waals surface area (Å²) in [5.41, 5.74) is 4.98. The first-order chi connectivity index (χ1) is 7.66. The molecule has 7 heteroatoms. The molecule has 1 aliphatic carbocycles. The van der Waals surface area contributed by atoms with E-state index in [0.717, 1.165) is 31.5 Å². The third-order valence-electron chi connectivity index (χ3n) is 2.98. The highest BCUT2D eigenvalue weighted by Crippen LogP contribution is 2.32. The van der Waals surface area contributed by atoms with E-state index in [1.165, 1.54) is 0 Å². The van der Waals surface area contributed by atoms with Crippen LogP contribution in [0.3, 0.4) is 0 Å². The standard InChI is InChI=1S/C9H15N5O2/c1-14-8(11-12-13-14)6-2-4-7(5-3-6)16-9(10)15/h6-7H,2-5H2,1H3,(H2,10,15)/t6-,7-. The van der Waals surface area contributed by atoms with E-state index in [-0.39, 0.29) is 6.10 Å². The van der Waals surface area contributed by atoms with Crippen molar-refractivity contribution in [3.63, 3.8) is 0 Å². The summed E-state index contributed by atoms with van der Waals surface area (Å²) in [6.07, 6.45) is 2.75. The molecule has 2 rings (SSSR count). The van der Waals surface area contributed by atoms with Crippen molar-refractivity contribution in [3.05, 3.63) is 5.82 Å². The van der Waals surface area contributed by atoms with Crippen LogP contribution in [0.2, 0.25) is 0 Å². The van der Waals surface area contributed by atoms with Gasteiger partial charge < -0.3 is 10.5 Å². The Bertz CT molecular complexity index is 370. The molecule has 1 heterocycles. The number of tetrazole rings is 1. The summed E-state index contributed by atoms with van der Waals surface area (Å²) in [6, 6.07) is 0. The molecule has 88 valence electrons. The van der Waals surface area contributed by atoms with E-state index in [1.54, 1.807) is 4.68 Å². The minimum atomic E-state index is -0.691. The predicted octanol–water partition coefficient (Wildman–Crippen LogP) is 0.332. The number of hydrogen-bond acceptors (Lipinski definition) is 5. The lowest BCUT2D eigenvalue weighted by Gasteiger charge is -2.26. The van der Waals surface area contributed by atoms with Crippen molar-refractivity contribution in [2.45, 2.75) is 37.7 Å². The molecule has 1 aromatic heterocycles. The molecule has 0 atom stereocenters. The quantitative estimate of drug-likeness (QED) is 0.782. The molecule has 0 radical (unpaired) electrons. The van der Waals surface area contributed by atoms with Gasteiger partial charge in [-0.25, -0.2) is 9.48 Å². The zero-order valence-corrected chi connectivity index (χ0v) is 9.17. The number of amides is 1. The molecular weight excluding hydrogens is 210 g/mol. The Morgan fingerprint density at radius 3 is 2.62 bits per heavy atom. The van der Waals surface area contributed by atoms with Crippen LogP contribution < -0.4 is 5.73 Å². The lowest BCUT2D eigenvalue weighted by molar-refractivity contribution is 0.0777. The fourth-order valence-electron chi connectivity index (χ4n) is 2.19. The van der Waals surface area contributed by atoms with Crippen LogP contribution in [0.4, 0.5) is 4.79 Å². The highest BCUT2D eigenvalue weighted by atomic mass is 16.6. The maximum absolute atomic E-state index is 10.6. The summed E-state index contributed by atoms with van der Waals surface area (Å²) in [5, 5.41) is 11.4. The number of rotatable bonds is 2. The van der Waals surface area contributed by atoms with E-state index < -0.39 is 6.09 Å². The maximum atomic E-state index is 10.6. The molecule has 1 amide bonds. The van der Waals surface area contributed by atoms with E-state index in [2.05, 4.69) is 15.5 Å². The van der Waals surface area contributed by atoms with E-state index >= 15 is 0 Å². The molecule has 0 spiro atoms. The average molecular weight is 225 g/mol. The number of nitrogens with two attached hydrogens (primary N) is 1. The third-order valence-corrected chi connectivity index (χ3v) is 2.98. The van der Waals surface area contributed by atoms with E-state index in [4.69, 9.17) is 10.5 Å². The summed E-state index contributed by atoms with van der Waals surface area (Å²) in [4.78, 5) is 10.6. The Morgan fingerprint density at radius 2 is 2.12 bits per heavy atom. The van der Waals surface area contributed by atoms with Crippen molar-refractivity contribution >= 4 is 6.09 Å². The summed E-state index contributed by atoms with van der Waals surface area (Å²) in [7, 11) is 1.83. The van der Waals surface area contributed by atoms with Crippen LogP contribution in [0.1, 0.15) is 37.4 Å². The van der Waals surface area contributed by atoms with Gasteiger partial charge in [0.2, 0.25) is 0 Å². The summed E-state index contributed by atoms with van der Waals surface area (Å²) >= 11 is 0. The monoisotopic (exact) mass is 225 g/mol. The molecule has 16 heavy (non-hydrogen) atoms. The van der Waals surface area contributed by atoms with Gasteiger partial charge in [0.1, 0.15) is 6.10 Å². The first kappa shape index (κ1) is 10.8. The molecule has 1 aliphatic rings. The molecule has 1 fully saturated rings. The van der Waals surface area contributed by atoms with Crippen molar-refractivity contribution in [3.8, 4) is 0 Å². The molecule has 7 nitrogen and oxygen atoms in total. The van der Waals surface area contributed by atoms with Gasteiger partial charge >= 0.3 is 6.09 Å². The number of carbonyl (C=O) groups is 1. The summed E-state index contributed by atoms with van der Waals surface area (Å²) in [5.74, 6) is 1.25. The molecule has 0 aromatic carbocycles. The molecule has 0 unspecified atom stereocenters. The van der Waals surface area contributed by atoms with Gasteiger partial charge in [0.05, 0.1) is 0 Å². The van der Waals surface area contributed by atoms with Crippen molar-refractivity contribution in [1.29, 1.82) is 0 Å². The first-order valence-electron chi connectivity index (χ1n) is 5.35. The van der Waals surface area contributed by atoms with E-state index in [0.29, 0.717) is 5.92 Å². The Hall–Kier alpha value is -1.66. The molecule has 0 aliphatic heterocycles. The fourth-order valence-corrected chi connectivity index (χ4v) is 2.19. The zero-order chi connectivity index (χ0) is 11.5.